The zero-order chi connectivity index (χ0) is 22.1. The van der Waals surface area contributed by atoms with Gasteiger partial charge in [0.15, 0.2) is 11.6 Å². The van der Waals surface area contributed by atoms with Crippen molar-refractivity contribution in [2.24, 2.45) is 13.0 Å². The van der Waals surface area contributed by atoms with Crippen LogP contribution in [0.5, 0.6) is 0 Å². The number of hydrogen-bond donors (Lipinski definition) is 3. The minimum absolute atomic E-state index is 0.242. The third-order valence-electron chi connectivity index (χ3n) is 5.96. The molecule has 1 aliphatic heterocycles. The molecule has 3 N–H and O–H groups in total. The summed E-state index contributed by atoms with van der Waals surface area (Å²) in [7, 11) is 1.81. The molecule has 0 bridgehead atoms. The number of aliphatic hydroxyl groups excluding tert-OH is 1. The molecule has 0 unspecified atom stereocenters. The predicted octanol–water partition coefficient (Wildman–Crippen LogP) is 2.82. The number of hydrogen-bond acceptors (Lipinski definition) is 6. The first kappa shape index (κ1) is 20.2. The Morgan fingerprint density at radius 1 is 1.22 bits per heavy atom. The van der Waals surface area contributed by atoms with Crippen LogP contribution in [0, 0.1) is 5.92 Å². The van der Waals surface area contributed by atoms with E-state index < -0.39 is 0 Å². The molecule has 1 aliphatic rings. The molecule has 1 saturated heterocycles. The first-order valence-corrected chi connectivity index (χ1v) is 10.7. The van der Waals surface area contributed by atoms with E-state index in [1.165, 1.54) is 0 Å². The highest BCUT2D eigenvalue weighted by Gasteiger charge is 2.20. The number of nitrogens with zero attached hydrogens (tertiary/aromatic N) is 5. The summed E-state index contributed by atoms with van der Waals surface area (Å²) < 4.78 is 1.69. The topological polar surface area (TPSA) is 112 Å². The van der Waals surface area contributed by atoms with Crippen molar-refractivity contribution in [2.75, 3.05) is 29.9 Å². The number of para-hydroxylation sites is 2. The van der Waals surface area contributed by atoms with Crippen LogP contribution in [0.1, 0.15) is 23.2 Å². The van der Waals surface area contributed by atoms with E-state index >= 15 is 0 Å². The standard InChI is InChI=1S/C23H25N7O2/c1-29-19(22-25-17-4-2-3-5-18(17)26-22)12-20(28-29)27-23(32)16-6-7-21(24-13-16)30-10-8-15(14-31)9-11-30/h2-7,12-13,15,31H,8-11,14H2,1H3,(H,25,26)(H,27,28,32). The first-order valence-electron chi connectivity index (χ1n) is 10.7. The average molecular weight is 432 g/mol. The monoisotopic (exact) mass is 431 g/mol. The lowest BCUT2D eigenvalue weighted by atomic mass is 9.98. The number of H-pyrrole nitrogens is 1. The minimum atomic E-state index is -0.266. The number of aryl methyl sites for hydroxylation is 1. The molecule has 0 spiro atoms. The fraction of sp³-hybridized carbons (Fsp3) is 0.304. The SMILES string of the molecule is Cn1nc(NC(=O)c2ccc(N3CCC(CO)CC3)nc2)cc1-c1nc2ccccc2[nH]1. The highest BCUT2D eigenvalue weighted by molar-refractivity contribution is 6.03. The van der Waals surface area contributed by atoms with Crippen LogP contribution in [0.4, 0.5) is 11.6 Å². The highest BCUT2D eigenvalue weighted by atomic mass is 16.3. The molecule has 4 heterocycles. The van der Waals surface area contributed by atoms with Gasteiger partial charge >= 0.3 is 0 Å². The van der Waals surface area contributed by atoms with E-state index in [1.54, 1.807) is 23.0 Å². The average Bonchev–Trinajstić information content (AvgIpc) is 3.42. The highest BCUT2D eigenvalue weighted by Crippen LogP contribution is 2.24. The number of imidazole rings is 1. The van der Waals surface area contributed by atoms with Crippen molar-refractivity contribution in [3.05, 3.63) is 54.2 Å². The summed E-state index contributed by atoms with van der Waals surface area (Å²) in [6, 6.07) is 13.2. The number of amides is 1. The molecule has 1 aromatic carbocycles. The molecular formula is C23H25N7O2. The number of aromatic amines is 1. The Balaban J connectivity index is 1.27. The van der Waals surface area contributed by atoms with Crippen LogP contribution >= 0.6 is 0 Å². The quantitative estimate of drug-likeness (QED) is 0.448. The van der Waals surface area contributed by atoms with E-state index in [0.29, 0.717) is 23.1 Å². The Bertz CT molecular complexity index is 1200. The summed E-state index contributed by atoms with van der Waals surface area (Å²) in [5.41, 5.74) is 3.06. The summed E-state index contributed by atoms with van der Waals surface area (Å²) in [4.78, 5) is 27.3. The smallest absolute Gasteiger partial charge is 0.258 e. The molecule has 0 atom stereocenters. The third-order valence-corrected chi connectivity index (χ3v) is 5.96. The molecule has 1 amide bonds. The van der Waals surface area contributed by atoms with Crippen molar-refractivity contribution in [1.82, 2.24) is 24.7 Å². The van der Waals surface area contributed by atoms with Gasteiger partial charge < -0.3 is 20.3 Å². The zero-order valence-corrected chi connectivity index (χ0v) is 17.8. The van der Waals surface area contributed by atoms with Gasteiger partial charge in [-0.3, -0.25) is 9.48 Å². The molecule has 0 saturated carbocycles. The summed E-state index contributed by atoms with van der Waals surface area (Å²) in [5, 5.41) is 16.5. The van der Waals surface area contributed by atoms with E-state index in [0.717, 1.165) is 48.5 Å². The maximum absolute atomic E-state index is 12.7. The van der Waals surface area contributed by atoms with Gasteiger partial charge in [-0.05, 0) is 43.0 Å². The molecule has 0 aliphatic carbocycles. The van der Waals surface area contributed by atoms with Gasteiger partial charge in [0.1, 0.15) is 11.5 Å². The van der Waals surface area contributed by atoms with Gasteiger partial charge in [-0.2, -0.15) is 5.10 Å². The second kappa shape index (κ2) is 8.43. The number of anilines is 2. The second-order valence-corrected chi connectivity index (χ2v) is 8.11. The van der Waals surface area contributed by atoms with Gasteiger partial charge in [0, 0.05) is 39.0 Å². The van der Waals surface area contributed by atoms with Crippen molar-refractivity contribution in [3.63, 3.8) is 0 Å². The molecule has 9 nitrogen and oxygen atoms in total. The number of nitrogens with one attached hydrogen (secondary N) is 2. The van der Waals surface area contributed by atoms with Crippen LogP contribution in [-0.4, -0.2) is 55.4 Å². The minimum Gasteiger partial charge on any atom is -0.396 e. The van der Waals surface area contributed by atoms with Crippen LogP contribution in [-0.2, 0) is 7.05 Å². The second-order valence-electron chi connectivity index (χ2n) is 8.11. The lowest BCUT2D eigenvalue weighted by Gasteiger charge is -2.31. The van der Waals surface area contributed by atoms with Crippen molar-refractivity contribution in [1.29, 1.82) is 0 Å². The van der Waals surface area contributed by atoms with E-state index in [-0.39, 0.29) is 12.5 Å². The van der Waals surface area contributed by atoms with Crippen molar-refractivity contribution in [3.8, 4) is 11.5 Å². The van der Waals surface area contributed by atoms with Crippen LogP contribution < -0.4 is 10.2 Å². The molecule has 0 radical (unpaired) electrons. The third kappa shape index (κ3) is 3.94. The van der Waals surface area contributed by atoms with E-state index in [2.05, 4.69) is 30.3 Å². The fourth-order valence-corrected chi connectivity index (χ4v) is 4.06. The summed E-state index contributed by atoms with van der Waals surface area (Å²) >= 11 is 0. The molecule has 4 aromatic rings. The Labute approximate surface area is 185 Å². The number of carbonyl (C=O) groups is 1. The number of carbonyl (C=O) groups excluding carboxylic acids is 1. The molecule has 9 heteroatoms. The summed E-state index contributed by atoms with van der Waals surface area (Å²) in [5.74, 6) is 2.10. The van der Waals surface area contributed by atoms with Gasteiger partial charge in [-0.25, -0.2) is 9.97 Å². The first-order chi connectivity index (χ1) is 15.6. The Morgan fingerprint density at radius 2 is 2.03 bits per heavy atom. The Kier molecular flexibility index (Phi) is 5.32. The van der Waals surface area contributed by atoms with E-state index in [4.69, 9.17) is 0 Å². The number of rotatable bonds is 5. The summed E-state index contributed by atoms with van der Waals surface area (Å²) in [6.07, 6.45) is 3.49. The van der Waals surface area contributed by atoms with Crippen LogP contribution in [0.15, 0.2) is 48.7 Å². The fourth-order valence-electron chi connectivity index (χ4n) is 4.06. The maximum Gasteiger partial charge on any atom is 0.258 e. The largest absolute Gasteiger partial charge is 0.396 e. The molecule has 5 rings (SSSR count). The van der Waals surface area contributed by atoms with Gasteiger partial charge in [-0.1, -0.05) is 12.1 Å². The number of pyridine rings is 1. The molecule has 32 heavy (non-hydrogen) atoms. The van der Waals surface area contributed by atoms with Gasteiger partial charge in [-0.15, -0.1) is 0 Å². The predicted molar refractivity (Wildman–Crippen MR) is 123 cm³/mol. The number of aliphatic hydroxyl groups is 1. The van der Waals surface area contributed by atoms with Crippen LogP contribution in [0.3, 0.4) is 0 Å². The normalized spacial score (nSPS) is 14.8. The zero-order valence-electron chi connectivity index (χ0n) is 17.8. The molecule has 164 valence electrons. The van der Waals surface area contributed by atoms with Crippen molar-refractivity contribution in [2.45, 2.75) is 12.8 Å². The Morgan fingerprint density at radius 3 is 2.75 bits per heavy atom. The number of benzene rings is 1. The van der Waals surface area contributed by atoms with Crippen molar-refractivity contribution < 1.29 is 9.90 Å². The van der Waals surface area contributed by atoms with Crippen molar-refractivity contribution >= 4 is 28.6 Å². The van der Waals surface area contributed by atoms with E-state index in [9.17, 15) is 9.90 Å². The van der Waals surface area contributed by atoms with Crippen LogP contribution in [0.2, 0.25) is 0 Å². The lowest BCUT2D eigenvalue weighted by Crippen LogP contribution is -2.35. The van der Waals surface area contributed by atoms with Gasteiger partial charge in [0.2, 0.25) is 0 Å². The summed E-state index contributed by atoms with van der Waals surface area (Å²) in [6.45, 7) is 1.97. The maximum atomic E-state index is 12.7. The van der Waals surface area contributed by atoms with Crippen LogP contribution in [0.25, 0.3) is 22.6 Å². The molecular weight excluding hydrogens is 406 g/mol. The number of piperidine rings is 1. The molecule has 1 fully saturated rings. The number of fused-ring (bicyclic) bond motifs is 1. The lowest BCUT2D eigenvalue weighted by molar-refractivity contribution is 0.102. The van der Waals surface area contributed by atoms with Gasteiger partial charge in [0.25, 0.3) is 5.91 Å². The molecule has 3 aromatic heterocycles. The number of aromatic nitrogens is 5. The Hall–Kier alpha value is -3.72. The van der Waals surface area contributed by atoms with E-state index in [1.807, 2.05) is 37.4 Å². The van der Waals surface area contributed by atoms with Gasteiger partial charge in [0.05, 0.1) is 16.6 Å².